The van der Waals surface area contributed by atoms with Crippen molar-refractivity contribution in [2.45, 2.75) is 45.2 Å². The van der Waals surface area contributed by atoms with Gasteiger partial charge in [0.05, 0.1) is 10.6 Å². The fourth-order valence-electron chi connectivity index (χ4n) is 3.77. The Balaban J connectivity index is 2.01. The van der Waals surface area contributed by atoms with E-state index in [4.69, 9.17) is 11.6 Å². The van der Waals surface area contributed by atoms with Crippen molar-refractivity contribution in [3.05, 3.63) is 94.5 Å². The second-order valence-electron chi connectivity index (χ2n) is 8.88. The van der Waals surface area contributed by atoms with Crippen LogP contribution in [0.1, 0.15) is 30.5 Å². The fraction of sp³-hybridized carbons (Fsp3) is 0.286. The van der Waals surface area contributed by atoms with E-state index in [2.05, 4.69) is 5.32 Å². The lowest BCUT2D eigenvalue weighted by molar-refractivity contribution is -0.139. The molecule has 0 aliphatic rings. The number of sulfonamides is 1. The summed E-state index contributed by atoms with van der Waals surface area (Å²) < 4.78 is 28.5. The minimum absolute atomic E-state index is 0.00661. The molecule has 1 atom stereocenters. The summed E-state index contributed by atoms with van der Waals surface area (Å²) in [5.41, 5.74) is 3.19. The number of hydrogen-bond donors (Lipinski definition) is 1. The van der Waals surface area contributed by atoms with Crippen molar-refractivity contribution < 1.29 is 18.0 Å². The van der Waals surface area contributed by atoms with Crippen molar-refractivity contribution in [3.8, 4) is 0 Å². The Bertz CT molecular complexity index is 1330. The molecule has 2 amide bonds. The molecule has 0 saturated heterocycles. The van der Waals surface area contributed by atoms with Crippen LogP contribution in [0.4, 0.5) is 5.69 Å². The van der Waals surface area contributed by atoms with Crippen LogP contribution < -0.4 is 9.62 Å². The van der Waals surface area contributed by atoms with Crippen molar-refractivity contribution in [1.29, 1.82) is 0 Å². The highest BCUT2D eigenvalue weighted by atomic mass is 35.5. The lowest BCUT2D eigenvalue weighted by Crippen LogP contribution is -2.51. The molecule has 0 aliphatic heterocycles. The molecular weight excluding hydrogens is 510 g/mol. The van der Waals surface area contributed by atoms with Crippen LogP contribution >= 0.6 is 11.6 Å². The van der Waals surface area contributed by atoms with E-state index in [-0.39, 0.29) is 17.3 Å². The number of aryl methyl sites for hydroxylation is 2. The summed E-state index contributed by atoms with van der Waals surface area (Å²) in [6.07, 6.45) is 0. The Morgan fingerprint density at radius 2 is 1.43 bits per heavy atom. The zero-order chi connectivity index (χ0) is 27.2. The number of hydrogen-bond acceptors (Lipinski definition) is 4. The summed E-state index contributed by atoms with van der Waals surface area (Å²) in [6, 6.07) is 19.5. The number of rotatable bonds is 10. The Kier molecular flexibility index (Phi) is 9.34. The average Bonchev–Trinajstić information content (AvgIpc) is 2.87. The predicted octanol–water partition coefficient (Wildman–Crippen LogP) is 4.71. The molecule has 1 N–H and O–H groups in total. The number of benzene rings is 3. The van der Waals surface area contributed by atoms with Crippen LogP contribution in [0.15, 0.2) is 77.7 Å². The van der Waals surface area contributed by atoms with Gasteiger partial charge in [0.25, 0.3) is 10.0 Å². The number of amides is 2. The molecule has 0 bridgehead atoms. The lowest BCUT2D eigenvalue weighted by atomic mass is 10.1. The first-order chi connectivity index (χ1) is 17.5. The summed E-state index contributed by atoms with van der Waals surface area (Å²) in [5.74, 6) is -0.817. The molecule has 7 nitrogen and oxygen atoms in total. The molecule has 3 aromatic rings. The van der Waals surface area contributed by atoms with E-state index >= 15 is 0 Å². The smallest absolute Gasteiger partial charge is 0.264 e. The molecule has 0 radical (unpaired) electrons. The molecule has 9 heteroatoms. The second kappa shape index (κ2) is 12.3. The molecule has 0 saturated carbocycles. The third kappa shape index (κ3) is 7.11. The molecule has 3 aromatic carbocycles. The molecule has 0 spiro atoms. The van der Waals surface area contributed by atoms with Gasteiger partial charge in [0.2, 0.25) is 11.8 Å². The van der Waals surface area contributed by atoms with Gasteiger partial charge in [-0.15, -0.1) is 0 Å². The molecule has 196 valence electrons. The molecule has 37 heavy (non-hydrogen) atoms. The molecule has 0 aliphatic carbocycles. The van der Waals surface area contributed by atoms with Gasteiger partial charge in [-0.25, -0.2) is 8.42 Å². The minimum Gasteiger partial charge on any atom is -0.355 e. The maximum absolute atomic E-state index is 13.8. The van der Waals surface area contributed by atoms with Crippen LogP contribution in [-0.2, 0) is 26.2 Å². The van der Waals surface area contributed by atoms with Crippen LogP contribution in [0.2, 0.25) is 5.02 Å². The highest BCUT2D eigenvalue weighted by Gasteiger charge is 2.32. The summed E-state index contributed by atoms with van der Waals surface area (Å²) in [4.78, 5) is 27.9. The molecule has 0 heterocycles. The Morgan fingerprint density at radius 1 is 0.892 bits per heavy atom. The van der Waals surface area contributed by atoms with Gasteiger partial charge in [-0.3, -0.25) is 13.9 Å². The minimum atomic E-state index is -4.12. The zero-order valence-electron chi connectivity index (χ0n) is 21.4. The highest BCUT2D eigenvalue weighted by molar-refractivity contribution is 7.92. The van der Waals surface area contributed by atoms with Crippen molar-refractivity contribution in [3.63, 3.8) is 0 Å². The quantitative estimate of drug-likeness (QED) is 0.403. The van der Waals surface area contributed by atoms with Gasteiger partial charge in [-0.05, 0) is 69.7 Å². The van der Waals surface area contributed by atoms with Gasteiger partial charge in [0.15, 0.2) is 0 Å². The van der Waals surface area contributed by atoms with E-state index in [1.165, 1.54) is 29.2 Å². The number of carbonyl (C=O) groups is 2. The van der Waals surface area contributed by atoms with Crippen molar-refractivity contribution in [2.24, 2.45) is 0 Å². The van der Waals surface area contributed by atoms with Crippen LogP contribution in [0, 0.1) is 13.8 Å². The first-order valence-corrected chi connectivity index (χ1v) is 13.8. The zero-order valence-corrected chi connectivity index (χ0v) is 23.0. The largest absolute Gasteiger partial charge is 0.355 e. The van der Waals surface area contributed by atoms with Gasteiger partial charge in [-0.1, -0.05) is 59.1 Å². The maximum atomic E-state index is 13.8. The van der Waals surface area contributed by atoms with Crippen molar-refractivity contribution in [1.82, 2.24) is 10.2 Å². The van der Waals surface area contributed by atoms with Crippen molar-refractivity contribution in [2.75, 3.05) is 17.4 Å². The molecule has 3 rings (SSSR count). The topological polar surface area (TPSA) is 86.8 Å². The van der Waals surface area contributed by atoms with Gasteiger partial charge in [0.1, 0.15) is 12.6 Å². The van der Waals surface area contributed by atoms with Crippen LogP contribution in [0.25, 0.3) is 0 Å². The third-order valence-corrected chi connectivity index (χ3v) is 8.03. The average molecular weight is 542 g/mol. The van der Waals surface area contributed by atoms with Gasteiger partial charge >= 0.3 is 0 Å². The summed E-state index contributed by atoms with van der Waals surface area (Å²) >= 11 is 5.97. The van der Waals surface area contributed by atoms with E-state index in [0.717, 1.165) is 21.0 Å². The Labute approximate surface area is 224 Å². The summed E-state index contributed by atoms with van der Waals surface area (Å²) in [7, 11) is -4.12. The molecule has 0 aromatic heterocycles. The molecule has 1 unspecified atom stereocenters. The van der Waals surface area contributed by atoms with Crippen LogP contribution in [0.3, 0.4) is 0 Å². The Morgan fingerprint density at radius 3 is 1.97 bits per heavy atom. The molecule has 0 fully saturated rings. The number of nitrogens with zero attached hydrogens (tertiary/aromatic N) is 2. The summed E-state index contributed by atoms with van der Waals surface area (Å²) in [5, 5.41) is 3.15. The highest BCUT2D eigenvalue weighted by Crippen LogP contribution is 2.26. The maximum Gasteiger partial charge on any atom is 0.264 e. The van der Waals surface area contributed by atoms with Crippen molar-refractivity contribution >= 4 is 39.1 Å². The fourth-order valence-corrected chi connectivity index (χ4v) is 5.31. The monoisotopic (exact) mass is 541 g/mol. The third-order valence-electron chi connectivity index (χ3n) is 5.99. The number of halogens is 1. The van der Waals surface area contributed by atoms with Gasteiger partial charge < -0.3 is 10.2 Å². The number of anilines is 1. The van der Waals surface area contributed by atoms with Gasteiger partial charge in [0, 0.05) is 18.1 Å². The number of carbonyl (C=O) groups excluding carboxylic acids is 2. The summed E-state index contributed by atoms with van der Waals surface area (Å²) in [6.45, 7) is 7.38. The normalized spacial score (nSPS) is 12.0. The van der Waals surface area contributed by atoms with E-state index in [9.17, 15) is 18.0 Å². The first kappa shape index (κ1) is 28.2. The van der Waals surface area contributed by atoms with E-state index < -0.39 is 28.5 Å². The van der Waals surface area contributed by atoms with Gasteiger partial charge in [-0.2, -0.15) is 0 Å². The number of nitrogens with one attached hydrogen (secondary N) is 1. The van der Waals surface area contributed by atoms with Crippen LogP contribution in [-0.4, -0.2) is 44.3 Å². The molecular formula is C28H32ClN3O4S. The standard InChI is InChI=1S/C28H32ClN3O4S/c1-5-30-28(34)22(4)31(18-23-10-6-20(2)7-11-23)27(33)19-32(25-14-8-21(3)9-15-25)37(35,36)26-16-12-24(29)13-17-26/h6-17,22H,5,18-19H2,1-4H3,(H,30,34). The predicted molar refractivity (Wildman–Crippen MR) is 147 cm³/mol. The van der Waals surface area contributed by atoms with E-state index in [1.807, 2.05) is 38.1 Å². The van der Waals surface area contributed by atoms with E-state index in [1.54, 1.807) is 38.1 Å². The Hall–Kier alpha value is -3.36. The second-order valence-corrected chi connectivity index (χ2v) is 11.2. The first-order valence-electron chi connectivity index (χ1n) is 12.0. The lowest BCUT2D eigenvalue weighted by Gasteiger charge is -2.32. The SMILES string of the molecule is CCNC(=O)C(C)N(Cc1ccc(C)cc1)C(=O)CN(c1ccc(C)cc1)S(=O)(=O)c1ccc(Cl)cc1. The number of likely N-dealkylation sites (N-methyl/N-ethyl adjacent to an activating group) is 1. The van der Waals surface area contributed by atoms with E-state index in [0.29, 0.717) is 17.3 Å². The van der Waals surface area contributed by atoms with Crippen LogP contribution in [0.5, 0.6) is 0 Å².